The lowest BCUT2D eigenvalue weighted by Crippen LogP contribution is -2.33. The van der Waals surface area contributed by atoms with Gasteiger partial charge < -0.3 is 5.73 Å². The van der Waals surface area contributed by atoms with E-state index in [2.05, 4.69) is 26.6 Å². The molecule has 0 amide bonds. The number of hydrogen-bond acceptors (Lipinski definition) is 1. The van der Waals surface area contributed by atoms with Gasteiger partial charge >= 0.3 is 0 Å². The van der Waals surface area contributed by atoms with Crippen LogP contribution in [0.25, 0.3) is 0 Å². The molecule has 1 fully saturated rings. The lowest BCUT2D eigenvalue weighted by atomic mass is 10.2. The second-order valence-corrected chi connectivity index (χ2v) is 11.7. The van der Waals surface area contributed by atoms with E-state index in [0.29, 0.717) is 6.54 Å². The summed E-state index contributed by atoms with van der Waals surface area (Å²) < 4.78 is 0. The minimum absolute atomic E-state index is 0.640. The van der Waals surface area contributed by atoms with Gasteiger partial charge in [0.2, 0.25) is 0 Å². The Kier molecular flexibility index (Phi) is 10.4. The van der Waals surface area contributed by atoms with Gasteiger partial charge in [0.25, 0.3) is 0 Å². The number of rotatable bonds is 1. The van der Waals surface area contributed by atoms with Gasteiger partial charge in [-0.3, -0.25) is 0 Å². The van der Waals surface area contributed by atoms with Crippen LogP contribution in [0.1, 0.15) is 38.7 Å². The summed E-state index contributed by atoms with van der Waals surface area (Å²) in [5.41, 5.74) is 7.63. The molecule has 1 nitrogen and oxygen atoms in total. The van der Waals surface area contributed by atoms with Crippen LogP contribution in [0.15, 0.2) is 43.0 Å². The normalized spacial score (nSPS) is 19.8. The Morgan fingerprint density at radius 2 is 1.80 bits per heavy atom. The molecule has 1 aromatic rings. The molecule has 0 saturated carbocycles. The number of hydrogen-bond donors (Lipinski definition) is 1. The van der Waals surface area contributed by atoms with Crippen molar-refractivity contribution in [2.45, 2.75) is 64.3 Å². The number of allylic oxidation sites excluding steroid dienone is 1. The molecule has 2 N–H and O–H groups in total. The molecule has 2 heteroatoms. The highest BCUT2D eigenvalue weighted by molar-refractivity contribution is 6.78. The minimum Gasteiger partial charge on any atom is -0.326 e. The fraction of sp³-hybridized carbons (Fsp3) is 0.556. The molecule has 1 aromatic carbocycles. The van der Waals surface area contributed by atoms with E-state index < -0.39 is 8.07 Å². The lowest BCUT2D eigenvalue weighted by molar-refractivity contribution is 0.635. The van der Waals surface area contributed by atoms with E-state index in [1.54, 1.807) is 12.1 Å². The van der Waals surface area contributed by atoms with Gasteiger partial charge in [0.05, 0.1) is 8.07 Å². The highest BCUT2D eigenvalue weighted by atomic mass is 28.3. The second kappa shape index (κ2) is 10.9. The predicted octanol–water partition coefficient (Wildman–Crippen LogP) is 5.61. The van der Waals surface area contributed by atoms with Crippen LogP contribution in [0.3, 0.4) is 0 Å². The van der Waals surface area contributed by atoms with Gasteiger partial charge in [0.15, 0.2) is 0 Å². The molecule has 0 bridgehead atoms. The first-order valence-electron chi connectivity index (χ1n) is 7.79. The molecule has 2 rings (SSSR count). The SMILES string of the molecule is C=CC.CC1CCCC[Si]1(C)C.NCc1ccccc1. The van der Waals surface area contributed by atoms with Crippen molar-refractivity contribution in [1.82, 2.24) is 0 Å². The van der Waals surface area contributed by atoms with E-state index in [9.17, 15) is 0 Å². The maximum absolute atomic E-state index is 5.35. The Balaban J connectivity index is 0.000000304. The van der Waals surface area contributed by atoms with Crippen LogP contribution in [0, 0.1) is 0 Å². The number of benzene rings is 1. The van der Waals surface area contributed by atoms with Crippen molar-refractivity contribution < 1.29 is 0 Å². The van der Waals surface area contributed by atoms with Gasteiger partial charge in [0.1, 0.15) is 0 Å². The molecule has 0 spiro atoms. The molecule has 1 atom stereocenters. The maximum Gasteiger partial charge on any atom is 0.0502 e. The zero-order valence-corrected chi connectivity index (χ0v) is 14.9. The van der Waals surface area contributed by atoms with Crippen LogP contribution in [0.2, 0.25) is 24.7 Å². The predicted molar refractivity (Wildman–Crippen MR) is 95.8 cm³/mol. The van der Waals surface area contributed by atoms with Crippen LogP contribution in [0.5, 0.6) is 0 Å². The molecule has 1 unspecified atom stereocenters. The summed E-state index contributed by atoms with van der Waals surface area (Å²) in [4.78, 5) is 0. The Labute approximate surface area is 127 Å². The van der Waals surface area contributed by atoms with Crippen LogP contribution in [-0.4, -0.2) is 8.07 Å². The van der Waals surface area contributed by atoms with Crippen molar-refractivity contribution in [1.29, 1.82) is 0 Å². The third-order valence-electron chi connectivity index (χ3n) is 4.12. The first-order valence-corrected chi connectivity index (χ1v) is 11.1. The quantitative estimate of drug-likeness (QED) is 0.528. The van der Waals surface area contributed by atoms with Crippen molar-refractivity contribution in [3.05, 3.63) is 48.6 Å². The molecule has 0 radical (unpaired) electrons. The highest BCUT2D eigenvalue weighted by Crippen LogP contribution is 2.36. The zero-order valence-electron chi connectivity index (χ0n) is 13.9. The molecule has 20 heavy (non-hydrogen) atoms. The summed E-state index contributed by atoms with van der Waals surface area (Å²) in [6.45, 7) is 13.4. The molecule has 1 saturated heterocycles. The Morgan fingerprint density at radius 3 is 2.10 bits per heavy atom. The van der Waals surface area contributed by atoms with Crippen molar-refractivity contribution in [3.8, 4) is 0 Å². The monoisotopic (exact) mass is 291 g/mol. The van der Waals surface area contributed by atoms with Gasteiger partial charge in [-0.25, -0.2) is 0 Å². The summed E-state index contributed by atoms with van der Waals surface area (Å²) in [6.07, 6.45) is 6.28. The fourth-order valence-corrected chi connectivity index (χ4v) is 4.92. The third kappa shape index (κ3) is 8.34. The van der Waals surface area contributed by atoms with Gasteiger partial charge in [-0.1, -0.05) is 81.7 Å². The Hall–Kier alpha value is -0.863. The summed E-state index contributed by atoms with van der Waals surface area (Å²) in [5.74, 6) is 0. The molecule has 114 valence electrons. The average molecular weight is 292 g/mol. The summed E-state index contributed by atoms with van der Waals surface area (Å²) in [5, 5.41) is 0. The van der Waals surface area contributed by atoms with Crippen LogP contribution >= 0.6 is 0 Å². The highest BCUT2D eigenvalue weighted by Gasteiger charge is 2.30. The van der Waals surface area contributed by atoms with E-state index in [4.69, 9.17) is 5.73 Å². The topological polar surface area (TPSA) is 26.0 Å². The van der Waals surface area contributed by atoms with Crippen molar-refractivity contribution >= 4 is 8.07 Å². The molecular formula is C18H33NSi. The van der Waals surface area contributed by atoms with Crippen LogP contribution in [-0.2, 0) is 6.54 Å². The molecule has 1 aliphatic rings. The Bertz CT molecular complexity index is 346. The summed E-state index contributed by atoms with van der Waals surface area (Å²) in [7, 11) is -0.694. The van der Waals surface area contributed by atoms with Crippen molar-refractivity contribution in [2.75, 3.05) is 0 Å². The van der Waals surface area contributed by atoms with Gasteiger partial charge in [-0.05, 0) is 18.0 Å². The average Bonchev–Trinajstić information content (AvgIpc) is 2.45. The van der Waals surface area contributed by atoms with Gasteiger partial charge in [-0.2, -0.15) is 0 Å². The summed E-state index contributed by atoms with van der Waals surface area (Å²) >= 11 is 0. The van der Waals surface area contributed by atoms with E-state index in [1.165, 1.54) is 24.8 Å². The van der Waals surface area contributed by atoms with E-state index in [-0.39, 0.29) is 0 Å². The number of nitrogens with two attached hydrogens (primary N) is 1. The zero-order chi connectivity index (χ0) is 15.4. The third-order valence-corrected chi connectivity index (χ3v) is 8.72. The molecular weight excluding hydrogens is 258 g/mol. The summed E-state index contributed by atoms with van der Waals surface area (Å²) in [6, 6.07) is 11.6. The molecule has 0 aromatic heterocycles. The largest absolute Gasteiger partial charge is 0.326 e. The van der Waals surface area contributed by atoms with E-state index >= 15 is 0 Å². The van der Waals surface area contributed by atoms with Gasteiger partial charge in [-0.15, -0.1) is 6.58 Å². The second-order valence-electron chi connectivity index (χ2n) is 6.23. The Morgan fingerprint density at radius 1 is 1.25 bits per heavy atom. The maximum atomic E-state index is 5.35. The van der Waals surface area contributed by atoms with Crippen LogP contribution < -0.4 is 5.73 Å². The van der Waals surface area contributed by atoms with Crippen molar-refractivity contribution in [3.63, 3.8) is 0 Å². The standard InChI is InChI=1S/C8H18Si.C7H9N.C3H6/c1-8-6-4-5-7-9(8,2)3;8-6-7-4-2-1-3-5-7;1-3-2/h8H,4-7H2,1-3H3;1-5H,6,8H2;3H,1H2,2H3. The first-order chi connectivity index (χ1) is 9.47. The molecule has 1 heterocycles. The minimum atomic E-state index is -0.694. The van der Waals surface area contributed by atoms with Gasteiger partial charge in [0, 0.05) is 6.54 Å². The smallest absolute Gasteiger partial charge is 0.0502 e. The van der Waals surface area contributed by atoms with Crippen molar-refractivity contribution in [2.24, 2.45) is 5.73 Å². The van der Waals surface area contributed by atoms with E-state index in [1.807, 2.05) is 37.3 Å². The molecule has 1 aliphatic heterocycles. The molecule has 0 aliphatic carbocycles. The van der Waals surface area contributed by atoms with Crippen LogP contribution in [0.4, 0.5) is 0 Å². The van der Waals surface area contributed by atoms with E-state index in [0.717, 1.165) is 5.54 Å². The lowest BCUT2D eigenvalue weighted by Gasteiger charge is -2.34. The first kappa shape index (κ1) is 19.1. The fourth-order valence-electron chi connectivity index (χ4n) is 2.28.